The van der Waals surface area contributed by atoms with Gasteiger partial charge in [-0.25, -0.2) is 4.57 Å². The van der Waals surface area contributed by atoms with Crippen molar-refractivity contribution in [1.82, 2.24) is 5.32 Å². The lowest BCUT2D eigenvalue weighted by Gasteiger charge is -2.26. The fourth-order valence-corrected chi connectivity index (χ4v) is 6.25. The number of phosphoric acid groups is 1. The number of hydrogen-bond donors (Lipinski definition) is 3. The maximum Gasteiger partial charge on any atom is 0.472 e. The minimum atomic E-state index is -4.29. The first-order chi connectivity index (χ1) is 21.5. The highest BCUT2D eigenvalue weighted by atomic mass is 31.2. The molecule has 0 saturated heterocycles. The molecule has 0 heterocycles. The Morgan fingerprint density at radius 2 is 1.07 bits per heavy atom. The summed E-state index contributed by atoms with van der Waals surface area (Å²) in [7, 11) is 1.62. The molecule has 0 aromatic heterocycles. The molecule has 0 radical (unpaired) electrons. The van der Waals surface area contributed by atoms with Crippen molar-refractivity contribution >= 4 is 13.7 Å². The third kappa shape index (κ3) is 31.8. The molecule has 0 bridgehead atoms. The van der Waals surface area contributed by atoms with Gasteiger partial charge >= 0.3 is 7.82 Å². The van der Waals surface area contributed by atoms with Gasteiger partial charge in [-0.3, -0.25) is 13.8 Å². The van der Waals surface area contributed by atoms with E-state index in [9.17, 15) is 19.4 Å². The Hall–Kier alpha value is -0.500. The molecule has 0 aromatic rings. The lowest BCUT2D eigenvalue weighted by atomic mass is 10.0. The molecule has 0 rings (SSSR count). The van der Waals surface area contributed by atoms with E-state index in [1.54, 1.807) is 0 Å². The van der Waals surface area contributed by atoms with Gasteiger partial charge in [-0.15, -0.1) is 0 Å². The number of hydrogen-bond acceptors (Lipinski definition) is 5. The number of phosphoric ester groups is 1. The second-order valence-corrected chi connectivity index (χ2v) is 15.8. The molecule has 3 N–H and O–H groups in total. The molecule has 0 aliphatic heterocycles. The number of amides is 1. The van der Waals surface area contributed by atoms with Crippen LogP contribution in [0.15, 0.2) is 0 Å². The summed E-state index contributed by atoms with van der Waals surface area (Å²) in [5.41, 5.74) is 0. The predicted octanol–water partition coefficient (Wildman–Crippen LogP) is 9.46. The van der Waals surface area contributed by atoms with Crippen molar-refractivity contribution < 1.29 is 32.9 Å². The predicted molar refractivity (Wildman–Crippen MR) is 189 cm³/mol. The number of carbonyl (C=O) groups is 1. The van der Waals surface area contributed by atoms with Gasteiger partial charge in [0.2, 0.25) is 5.91 Å². The van der Waals surface area contributed by atoms with Gasteiger partial charge in [0, 0.05) is 6.42 Å². The fraction of sp³-hybridized carbons (Fsp3) is 0.972. The minimum absolute atomic E-state index is 0.0777. The number of aliphatic hydroxyl groups is 1. The van der Waals surface area contributed by atoms with E-state index in [-0.39, 0.29) is 19.1 Å². The van der Waals surface area contributed by atoms with Crippen molar-refractivity contribution in [2.75, 3.05) is 40.9 Å². The number of aliphatic hydroxyl groups excluding tert-OH is 1. The van der Waals surface area contributed by atoms with Crippen LogP contribution in [0.2, 0.25) is 0 Å². The molecule has 270 valence electrons. The quantitative estimate of drug-likeness (QED) is 0.0360. The van der Waals surface area contributed by atoms with Gasteiger partial charge in [0.1, 0.15) is 13.2 Å². The van der Waals surface area contributed by atoms with Gasteiger partial charge in [0.25, 0.3) is 0 Å². The zero-order valence-corrected chi connectivity index (χ0v) is 31.3. The highest BCUT2D eigenvalue weighted by molar-refractivity contribution is 7.47. The summed E-state index contributed by atoms with van der Waals surface area (Å²) in [6.45, 7) is 4.83. The third-order valence-electron chi connectivity index (χ3n) is 8.61. The highest BCUT2D eigenvalue weighted by Gasteiger charge is 2.28. The Balaban J connectivity index is 4.35. The van der Waals surface area contributed by atoms with Crippen molar-refractivity contribution in [3.8, 4) is 0 Å². The van der Waals surface area contributed by atoms with Crippen LogP contribution in [-0.4, -0.2) is 73.4 Å². The summed E-state index contributed by atoms with van der Waals surface area (Å²) in [5.74, 6) is -0.151. The summed E-state index contributed by atoms with van der Waals surface area (Å²) in [5, 5.41) is 13.8. The molecule has 0 spiro atoms. The average Bonchev–Trinajstić information content (AvgIpc) is 2.97. The molecule has 0 aliphatic carbocycles. The normalized spacial score (nSPS) is 14.7. The van der Waals surface area contributed by atoms with Crippen molar-refractivity contribution in [2.45, 2.75) is 187 Å². The molecular weight excluding hydrogens is 587 g/mol. The van der Waals surface area contributed by atoms with Gasteiger partial charge < -0.3 is 19.8 Å². The summed E-state index contributed by atoms with van der Waals surface area (Å²) in [6, 6.07) is -0.749. The van der Waals surface area contributed by atoms with Gasteiger partial charge in [0.15, 0.2) is 0 Å². The number of quaternary nitrogens is 1. The Bertz CT molecular complexity index is 718. The van der Waals surface area contributed by atoms with Gasteiger partial charge in [-0.1, -0.05) is 155 Å². The van der Waals surface area contributed by atoms with E-state index in [0.29, 0.717) is 23.9 Å². The van der Waals surface area contributed by atoms with Crippen molar-refractivity contribution in [1.29, 1.82) is 0 Å². The van der Waals surface area contributed by atoms with E-state index < -0.39 is 20.0 Å². The zero-order chi connectivity index (χ0) is 33.7. The second kappa shape index (κ2) is 29.6. The van der Waals surface area contributed by atoms with E-state index in [2.05, 4.69) is 19.2 Å². The SMILES string of the molecule is CCCCCCCCCCCCCCCCCCC(O)C(COP(=O)(O)OCC[N+](C)(C)C)NC(=O)CCCCCCCCC. The Kier molecular flexibility index (Phi) is 29.3. The van der Waals surface area contributed by atoms with E-state index in [0.717, 1.165) is 38.5 Å². The molecule has 8 nitrogen and oxygen atoms in total. The molecule has 9 heteroatoms. The molecule has 0 aromatic carbocycles. The average molecular weight is 664 g/mol. The largest absolute Gasteiger partial charge is 0.472 e. The number of carbonyl (C=O) groups excluding carboxylic acids is 1. The molecule has 0 aliphatic rings. The summed E-state index contributed by atoms with van der Waals surface area (Å²) in [6.07, 6.45) is 28.5. The molecular formula is C36H76N2O6P+. The van der Waals surface area contributed by atoms with Crippen LogP contribution in [0.5, 0.6) is 0 Å². The summed E-state index contributed by atoms with van der Waals surface area (Å²) < 4.78 is 23.4. The Morgan fingerprint density at radius 3 is 1.49 bits per heavy atom. The zero-order valence-electron chi connectivity index (χ0n) is 30.4. The van der Waals surface area contributed by atoms with Crippen LogP contribution in [0, 0.1) is 0 Å². The molecule has 1 amide bonds. The first-order valence-corrected chi connectivity index (χ1v) is 20.4. The number of rotatable bonds is 34. The van der Waals surface area contributed by atoms with Crippen LogP contribution in [0.4, 0.5) is 0 Å². The van der Waals surface area contributed by atoms with E-state index in [1.165, 1.54) is 109 Å². The van der Waals surface area contributed by atoms with Gasteiger partial charge in [-0.05, 0) is 12.8 Å². The Labute approximate surface area is 279 Å². The smallest absolute Gasteiger partial charge is 0.391 e. The second-order valence-electron chi connectivity index (χ2n) is 14.3. The molecule has 3 unspecified atom stereocenters. The van der Waals surface area contributed by atoms with Crippen LogP contribution in [0.25, 0.3) is 0 Å². The van der Waals surface area contributed by atoms with Crippen LogP contribution < -0.4 is 5.32 Å². The lowest BCUT2D eigenvalue weighted by molar-refractivity contribution is -0.870. The number of nitrogens with zero attached hydrogens (tertiary/aromatic N) is 1. The van der Waals surface area contributed by atoms with Gasteiger partial charge in [-0.2, -0.15) is 0 Å². The molecule has 45 heavy (non-hydrogen) atoms. The third-order valence-corrected chi connectivity index (χ3v) is 9.59. The number of nitrogens with one attached hydrogen (secondary N) is 1. The lowest BCUT2D eigenvalue weighted by Crippen LogP contribution is -2.46. The topological polar surface area (TPSA) is 105 Å². The first-order valence-electron chi connectivity index (χ1n) is 18.9. The molecule has 0 fully saturated rings. The first kappa shape index (κ1) is 44.5. The number of likely N-dealkylation sites (N-methyl/N-ethyl adjacent to an activating group) is 1. The molecule has 3 atom stereocenters. The van der Waals surface area contributed by atoms with Crippen LogP contribution in [0.1, 0.15) is 174 Å². The maximum absolute atomic E-state index is 12.7. The van der Waals surface area contributed by atoms with Crippen molar-refractivity contribution in [2.24, 2.45) is 0 Å². The van der Waals surface area contributed by atoms with Crippen LogP contribution in [0.3, 0.4) is 0 Å². The van der Waals surface area contributed by atoms with Crippen molar-refractivity contribution in [3.05, 3.63) is 0 Å². The van der Waals surface area contributed by atoms with Gasteiger partial charge in [0.05, 0.1) is 39.9 Å². The highest BCUT2D eigenvalue weighted by Crippen LogP contribution is 2.43. The van der Waals surface area contributed by atoms with E-state index in [4.69, 9.17) is 9.05 Å². The monoisotopic (exact) mass is 664 g/mol. The number of unbranched alkanes of at least 4 members (excludes halogenated alkanes) is 21. The van der Waals surface area contributed by atoms with Crippen LogP contribution >= 0.6 is 7.82 Å². The van der Waals surface area contributed by atoms with E-state index in [1.807, 2.05) is 21.1 Å². The fourth-order valence-electron chi connectivity index (χ4n) is 5.52. The standard InChI is InChI=1S/C36H75N2O6P/c1-6-8-10-12-14-15-16-17-18-19-20-21-22-24-25-27-29-35(39)34(33-44-45(41,42)43-32-31-38(3,4)5)37-36(40)30-28-26-23-13-11-9-7-2/h34-35,39H,6-33H2,1-5H3,(H-,37,40,41,42)/p+1. The van der Waals surface area contributed by atoms with Crippen molar-refractivity contribution in [3.63, 3.8) is 0 Å². The summed E-state index contributed by atoms with van der Waals surface area (Å²) in [4.78, 5) is 22.9. The molecule has 0 saturated carbocycles. The minimum Gasteiger partial charge on any atom is -0.391 e. The van der Waals surface area contributed by atoms with Crippen LogP contribution in [-0.2, 0) is 18.4 Å². The Morgan fingerprint density at radius 1 is 0.667 bits per heavy atom. The summed E-state index contributed by atoms with van der Waals surface area (Å²) >= 11 is 0. The van der Waals surface area contributed by atoms with E-state index >= 15 is 0 Å². The maximum atomic E-state index is 12.7.